The summed E-state index contributed by atoms with van der Waals surface area (Å²) in [4.78, 5) is 0. The molecule has 0 saturated heterocycles. The van der Waals surface area contributed by atoms with Gasteiger partial charge in [0, 0.05) is 9.00 Å². The monoisotopic (exact) mass is 330 g/mol. The Morgan fingerprint density at radius 3 is 1.90 bits per heavy atom. The molecule has 0 bridgehead atoms. The summed E-state index contributed by atoms with van der Waals surface area (Å²) in [6.45, 7) is 5.02. The first-order valence-corrected chi connectivity index (χ1v) is 12.8. The van der Waals surface area contributed by atoms with Crippen molar-refractivity contribution in [3.63, 3.8) is 0 Å². The molecule has 0 saturated carbocycles. The van der Waals surface area contributed by atoms with Gasteiger partial charge in [0.05, 0.1) is 0 Å². The minimum Gasteiger partial charge on any atom is -0.152 e. The van der Waals surface area contributed by atoms with Crippen molar-refractivity contribution in [2.75, 3.05) is 0 Å². The van der Waals surface area contributed by atoms with Crippen molar-refractivity contribution < 1.29 is 0 Å². The molecular weight excluding hydrogens is 315 g/mol. The predicted molar refractivity (Wildman–Crippen MR) is 97.7 cm³/mol. The van der Waals surface area contributed by atoms with Crippen LogP contribution in [0, 0.1) is 0 Å². The maximum Gasteiger partial charge on any atom is 0.139 e. The molecule has 2 aromatic heterocycles. The average Bonchev–Trinajstić information content (AvgIpc) is 3.09. The molecule has 0 atom stereocenters. The number of benzene rings is 1. The fourth-order valence-electron chi connectivity index (χ4n) is 2.98. The van der Waals surface area contributed by atoms with Crippen LogP contribution >= 0.6 is 30.6 Å². The van der Waals surface area contributed by atoms with Gasteiger partial charge in [-0.15, -0.1) is 0 Å². The summed E-state index contributed by atoms with van der Waals surface area (Å²) >= 11 is 3.96. The first kappa shape index (κ1) is 13.0. The van der Waals surface area contributed by atoms with E-state index in [-0.39, 0.29) is 7.92 Å². The number of hydrogen-bond donors (Lipinski definition) is 0. The Morgan fingerprint density at radius 1 is 0.800 bits per heavy atom. The highest BCUT2D eigenvalue weighted by molar-refractivity contribution is 7.83. The molecule has 20 heavy (non-hydrogen) atoms. The second-order valence-corrected chi connectivity index (χ2v) is 14.5. The maximum absolute atomic E-state index is 2.51. The van der Waals surface area contributed by atoms with E-state index < -0.39 is 8.07 Å². The van der Waals surface area contributed by atoms with E-state index in [1.54, 1.807) is 19.6 Å². The number of thiophene rings is 2. The molecule has 0 radical (unpaired) electrons. The molecule has 0 unspecified atom stereocenters. The Morgan fingerprint density at radius 2 is 1.35 bits per heavy atom. The van der Waals surface area contributed by atoms with Crippen LogP contribution in [0.2, 0.25) is 13.1 Å². The molecule has 0 aliphatic carbocycles. The van der Waals surface area contributed by atoms with Crippen molar-refractivity contribution >= 4 is 63.6 Å². The highest BCUT2D eigenvalue weighted by Crippen LogP contribution is 2.37. The van der Waals surface area contributed by atoms with Gasteiger partial charge in [-0.3, -0.25) is 0 Å². The van der Waals surface area contributed by atoms with Crippen molar-refractivity contribution in [3.05, 3.63) is 53.2 Å². The largest absolute Gasteiger partial charge is 0.152 e. The van der Waals surface area contributed by atoms with Crippen LogP contribution in [0.15, 0.2) is 53.2 Å². The van der Waals surface area contributed by atoms with Crippen LogP contribution in [-0.2, 0) is 0 Å². The van der Waals surface area contributed by atoms with E-state index in [9.17, 15) is 0 Å². The summed E-state index contributed by atoms with van der Waals surface area (Å²) in [5.41, 5.74) is 0. The fraction of sp³-hybridized carbons (Fsp3) is 0.125. The second-order valence-electron chi connectivity index (χ2n) is 5.57. The molecule has 3 heterocycles. The topological polar surface area (TPSA) is 0 Å². The first-order chi connectivity index (χ1) is 9.69. The minimum atomic E-state index is -1.45. The summed E-state index contributed by atoms with van der Waals surface area (Å²) in [6.07, 6.45) is 0. The molecule has 0 amide bonds. The summed E-state index contributed by atoms with van der Waals surface area (Å²) in [5.74, 6) is 0. The average molecular weight is 330 g/mol. The molecule has 1 aromatic carbocycles. The van der Waals surface area contributed by atoms with Crippen LogP contribution in [0.5, 0.6) is 0 Å². The fourth-order valence-corrected chi connectivity index (χ4v) is 14.8. The van der Waals surface area contributed by atoms with E-state index in [1.807, 2.05) is 22.7 Å². The third-order valence-electron chi connectivity index (χ3n) is 3.92. The molecule has 4 rings (SSSR count). The quantitative estimate of drug-likeness (QED) is 0.475. The Labute approximate surface area is 129 Å². The molecule has 0 spiro atoms. The zero-order valence-corrected chi connectivity index (χ0v) is 15.0. The summed E-state index contributed by atoms with van der Waals surface area (Å²) in [5, 5.41) is 9.34. The van der Waals surface area contributed by atoms with Crippen molar-refractivity contribution in [1.82, 2.24) is 0 Å². The van der Waals surface area contributed by atoms with Gasteiger partial charge >= 0.3 is 0 Å². The van der Waals surface area contributed by atoms with Gasteiger partial charge in [0.2, 0.25) is 0 Å². The Hall–Kier alpha value is -0.733. The number of hydrogen-bond acceptors (Lipinski definition) is 2. The normalized spacial score (nSPS) is 16.7. The molecule has 0 nitrogen and oxygen atoms in total. The van der Waals surface area contributed by atoms with E-state index in [2.05, 4.69) is 66.3 Å². The first-order valence-electron chi connectivity index (χ1n) is 6.71. The van der Waals surface area contributed by atoms with E-state index in [0.717, 1.165) is 0 Å². The standard InChI is InChI=1S/C16H15PS2Si/c1-20(2)15-13(8-10-18-15)17(12-6-4-3-5-7-12)14-9-11-19-16(14)20/h3-11H,1-2H3. The van der Waals surface area contributed by atoms with Gasteiger partial charge in [-0.05, 0) is 46.7 Å². The second kappa shape index (κ2) is 4.64. The smallest absolute Gasteiger partial charge is 0.139 e. The van der Waals surface area contributed by atoms with Crippen LogP contribution < -0.4 is 24.9 Å². The lowest BCUT2D eigenvalue weighted by Gasteiger charge is -2.33. The zero-order valence-electron chi connectivity index (χ0n) is 11.5. The predicted octanol–water partition coefficient (Wildman–Crippen LogP) is 2.70. The molecular formula is C16H15PS2Si. The number of rotatable bonds is 1. The van der Waals surface area contributed by atoms with Crippen LogP contribution in [0.4, 0.5) is 0 Å². The molecule has 1 aliphatic rings. The maximum atomic E-state index is 2.51. The third-order valence-corrected chi connectivity index (χ3v) is 15.2. The van der Waals surface area contributed by atoms with Crippen LogP contribution in [0.3, 0.4) is 0 Å². The van der Waals surface area contributed by atoms with Gasteiger partial charge in [-0.2, -0.15) is 22.7 Å². The van der Waals surface area contributed by atoms with Crippen molar-refractivity contribution in [2.45, 2.75) is 13.1 Å². The van der Waals surface area contributed by atoms with Crippen LogP contribution in [0.25, 0.3) is 0 Å². The molecule has 3 aromatic rings. The van der Waals surface area contributed by atoms with E-state index >= 15 is 0 Å². The zero-order chi connectivity index (χ0) is 13.7. The van der Waals surface area contributed by atoms with Gasteiger partial charge in [-0.1, -0.05) is 43.4 Å². The SMILES string of the molecule is C[Si]1(C)c2sccc2P(c2ccccc2)c2ccsc21. The molecule has 0 N–H and O–H groups in total. The van der Waals surface area contributed by atoms with Crippen molar-refractivity contribution in [2.24, 2.45) is 0 Å². The Kier molecular flexibility index (Phi) is 3.01. The number of fused-ring (bicyclic) bond motifs is 2. The van der Waals surface area contributed by atoms with Gasteiger partial charge in [0.15, 0.2) is 0 Å². The Bertz CT molecular complexity index is 713. The lowest BCUT2D eigenvalue weighted by molar-refractivity contribution is 1.77. The van der Waals surface area contributed by atoms with Gasteiger partial charge in [0.25, 0.3) is 0 Å². The van der Waals surface area contributed by atoms with Gasteiger partial charge in [-0.25, -0.2) is 0 Å². The van der Waals surface area contributed by atoms with E-state index in [0.29, 0.717) is 0 Å². The van der Waals surface area contributed by atoms with E-state index in [4.69, 9.17) is 0 Å². The van der Waals surface area contributed by atoms with Crippen LogP contribution in [-0.4, -0.2) is 8.07 Å². The third kappa shape index (κ3) is 1.74. The molecule has 4 heteroatoms. The highest BCUT2D eigenvalue weighted by atomic mass is 32.1. The van der Waals surface area contributed by atoms with Crippen molar-refractivity contribution in [3.8, 4) is 0 Å². The molecule has 100 valence electrons. The lowest BCUT2D eigenvalue weighted by atomic mass is 10.4. The van der Waals surface area contributed by atoms with Gasteiger partial charge in [0.1, 0.15) is 8.07 Å². The lowest BCUT2D eigenvalue weighted by Crippen LogP contribution is -2.63. The van der Waals surface area contributed by atoms with Gasteiger partial charge < -0.3 is 0 Å². The van der Waals surface area contributed by atoms with Crippen LogP contribution in [0.1, 0.15) is 0 Å². The summed E-state index contributed by atoms with van der Waals surface area (Å²) < 4.78 is 3.39. The summed E-state index contributed by atoms with van der Waals surface area (Å²) in [7, 11) is -1.78. The van der Waals surface area contributed by atoms with Crippen molar-refractivity contribution in [1.29, 1.82) is 0 Å². The molecule has 0 fully saturated rings. The Balaban J connectivity index is 2.01. The van der Waals surface area contributed by atoms with E-state index in [1.165, 1.54) is 5.30 Å². The molecule has 1 aliphatic heterocycles. The minimum absolute atomic E-state index is 0.327. The highest BCUT2D eigenvalue weighted by Gasteiger charge is 2.41. The summed E-state index contributed by atoms with van der Waals surface area (Å²) in [6, 6.07) is 15.8.